The summed E-state index contributed by atoms with van der Waals surface area (Å²) in [6, 6.07) is 22.0. The van der Waals surface area contributed by atoms with Crippen LogP contribution in [0.4, 0.5) is 5.82 Å². The molecule has 5 heteroatoms. The first-order valence-corrected chi connectivity index (χ1v) is 8.53. The van der Waals surface area contributed by atoms with Crippen molar-refractivity contribution in [3.63, 3.8) is 0 Å². The van der Waals surface area contributed by atoms with E-state index in [0.717, 1.165) is 22.1 Å². The van der Waals surface area contributed by atoms with Crippen molar-refractivity contribution in [2.24, 2.45) is 0 Å². The molecule has 0 bridgehead atoms. The summed E-state index contributed by atoms with van der Waals surface area (Å²) < 4.78 is 0. The molecule has 0 saturated heterocycles. The normalized spacial score (nSPS) is 10.8. The summed E-state index contributed by atoms with van der Waals surface area (Å²) in [5, 5.41) is 10.8. The highest BCUT2D eigenvalue weighted by atomic mass is 16.1. The number of nitrogens with zero attached hydrogens (tertiary/aromatic N) is 2. The van der Waals surface area contributed by atoms with E-state index in [1.54, 1.807) is 6.20 Å². The second-order valence-corrected chi connectivity index (χ2v) is 6.09. The number of aromatic amines is 1. The second kappa shape index (κ2) is 7.19. The van der Waals surface area contributed by atoms with E-state index in [-0.39, 0.29) is 5.91 Å². The topological polar surface area (TPSA) is 70.7 Å². The van der Waals surface area contributed by atoms with Crippen LogP contribution in [0.1, 0.15) is 12.0 Å². The Balaban J connectivity index is 1.52. The molecule has 0 spiro atoms. The second-order valence-electron chi connectivity index (χ2n) is 6.09. The third-order valence-corrected chi connectivity index (χ3v) is 4.26. The predicted molar refractivity (Wildman–Crippen MR) is 103 cm³/mol. The summed E-state index contributed by atoms with van der Waals surface area (Å²) in [6.45, 7) is 0. The van der Waals surface area contributed by atoms with Gasteiger partial charge >= 0.3 is 0 Å². The van der Waals surface area contributed by atoms with Gasteiger partial charge in [0.05, 0.1) is 5.39 Å². The minimum atomic E-state index is -0.0514. The van der Waals surface area contributed by atoms with Crippen molar-refractivity contribution in [2.75, 3.05) is 5.32 Å². The van der Waals surface area contributed by atoms with Crippen molar-refractivity contribution < 1.29 is 4.79 Å². The molecule has 2 aromatic heterocycles. The summed E-state index contributed by atoms with van der Waals surface area (Å²) in [5.41, 5.74) is 3.79. The number of hydrogen-bond acceptors (Lipinski definition) is 3. The smallest absolute Gasteiger partial charge is 0.225 e. The van der Waals surface area contributed by atoms with E-state index in [4.69, 9.17) is 0 Å². The van der Waals surface area contributed by atoms with Gasteiger partial charge in [-0.3, -0.25) is 9.89 Å². The first-order valence-electron chi connectivity index (χ1n) is 8.53. The van der Waals surface area contributed by atoms with Crippen molar-refractivity contribution in [3.8, 4) is 11.1 Å². The van der Waals surface area contributed by atoms with Gasteiger partial charge in [0.1, 0.15) is 5.82 Å². The molecule has 5 nitrogen and oxygen atoms in total. The molecule has 4 aromatic rings. The zero-order valence-electron chi connectivity index (χ0n) is 14.1. The number of anilines is 1. The maximum Gasteiger partial charge on any atom is 0.225 e. The van der Waals surface area contributed by atoms with Crippen LogP contribution in [0.2, 0.25) is 0 Å². The number of fused-ring (bicyclic) bond motifs is 1. The number of hydrogen-bond donors (Lipinski definition) is 2. The highest BCUT2D eigenvalue weighted by Gasteiger charge is 2.11. The summed E-state index contributed by atoms with van der Waals surface area (Å²) in [6.07, 6.45) is 2.90. The Morgan fingerprint density at radius 1 is 0.962 bits per heavy atom. The fraction of sp³-hybridized carbons (Fsp3) is 0.0952. The molecular formula is C21H18N4O. The number of aryl methyl sites for hydroxylation is 1. The van der Waals surface area contributed by atoms with Crippen LogP contribution in [-0.2, 0) is 11.2 Å². The molecule has 2 aromatic carbocycles. The highest BCUT2D eigenvalue weighted by molar-refractivity contribution is 5.99. The number of carbonyl (C=O) groups is 1. The van der Waals surface area contributed by atoms with Gasteiger partial charge in [0.15, 0.2) is 5.65 Å². The lowest BCUT2D eigenvalue weighted by Gasteiger charge is -2.05. The number of H-pyrrole nitrogens is 1. The van der Waals surface area contributed by atoms with Crippen LogP contribution in [0, 0.1) is 0 Å². The maximum atomic E-state index is 12.3. The van der Waals surface area contributed by atoms with Gasteiger partial charge in [-0.15, -0.1) is 0 Å². The van der Waals surface area contributed by atoms with Gasteiger partial charge in [-0.25, -0.2) is 4.98 Å². The zero-order valence-corrected chi connectivity index (χ0v) is 14.1. The number of pyridine rings is 1. The predicted octanol–water partition coefficient (Wildman–Crippen LogP) is 4.20. The Kier molecular flexibility index (Phi) is 4.43. The van der Waals surface area contributed by atoms with E-state index in [1.807, 2.05) is 66.7 Å². The van der Waals surface area contributed by atoms with Crippen LogP contribution in [0.25, 0.3) is 22.2 Å². The minimum Gasteiger partial charge on any atom is -0.311 e. The summed E-state index contributed by atoms with van der Waals surface area (Å²) in [5.74, 6) is 0.535. The Bertz CT molecular complexity index is 1030. The van der Waals surface area contributed by atoms with Crippen molar-refractivity contribution >= 4 is 22.8 Å². The SMILES string of the molecule is O=C(CCc1ccccc1)Nc1[nH]nc2ncc(-c3ccccc3)cc12. The maximum absolute atomic E-state index is 12.3. The standard InChI is InChI=1S/C21H18N4O/c26-19(12-11-15-7-3-1-4-8-15)23-21-18-13-17(14-22-20(18)24-25-21)16-9-5-2-6-10-16/h1-10,13-14H,11-12H2,(H2,22,23,24,25,26). The Hall–Kier alpha value is -3.47. The van der Waals surface area contributed by atoms with Crippen molar-refractivity contribution in [1.29, 1.82) is 0 Å². The number of amides is 1. The fourth-order valence-corrected chi connectivity index (χ4v) is 2.89. The molecule has 2 heterocycles. The molecular weight excluding hydrogens is 324 g/mol. The molecule has 0 unspecified atom stereocenters. The van der Waals surface area contributed by atoms with Gasteiger partial charge in [-0.05, 0) is 23.6 Å². The Morgan fingerprint density at radius 2 is 1.69 bits per heavy atom. The lowest BCUT2D eigenvalue weighted by molar-refractivity contribution is -0.116. The van der Waals surface area contributed by atoms with Gasteiger partial charge < -0.3 is 5.32 Å². The van der Waals surface area contributed by atoms with E-state index >= 15 is 0 Å². The average Bonchev–Trinajstić information content (AvgIpc) is 3.10. The third-order valence-electron chi connectivity index (χ3n) is 4.26. The van der Waals surface area contributed by atoms with E-state index in [9.17, 15) is 4.79 Å². The quantitative estimate of drug-likeness (QED) is 0.571. The molecule has 0 fully saturated rings. The molecule has 2 N–H and O–H groups in total. The summed E-state index contributed by atoms with van der Waals surface area (Å²) in [4.78, 5) is 16.7. The zero-order chi connectivity index (χ0) is 17.8. The Morgan fingerprint density at radius 3 is 2.46 bits per heavy atom. The van der Waals surface area contributed by atoms with E-state index in [2.05, 4.69) is 20.5 Å². The Labute approximate surface area is 151 Å². The number of aromatic nitrogens is 3. The average molecular weight is 342 g/mol. The lowest BCUT2D eigenvalue weighted by atomic mass is 10.1. The van der Waals surface area contributed by atoms with E-state index in [0.29, 0.717) is 24.3 Å². The van der Waals surface area contributed by atoms with Crippen LogP contribution >= 0.6 is 0 Å². The van der Waals surface area contributed by atoms with Gasteiger partial charge in [0.2, 0.25) is 5.91 Å². The molecule has 0 aliphatic rings. The van der Waals surface area contributed by atoms with Crippen LogP contribution in [0.15, 0.2) is 72.9 Å². The molecule has 26 heavy (non-hydrogen) atoms. The first-order chi connectivity index (χ1) is 12.8. The highest BCUT2D eigenvalue weighted by Crippen LogP contribution is 2.25. The van der Waals surface area contributed by atoms with E-state index < -0.39 is 0 Å². The summed E-state index contributed by atoms with van der Waals surface area (Å²) >= 11 is 0. The van der Waals surface area contributed by atoms with Gasteiger partial charge in [-0.2, -0.15) is 5.10 Å². The number of rotatable bonds is 5. The summed E-state index contributed by atoms with van der Waals surface area (Å²) in [7, 11) is 0. The van der Waals surface area contributed by atoms with E-state index in [1.165, 1.54) is 0 Å². The van der Waals surface area contributed by atoms with Gasteiger partial charge in [-0.1, -0.05) is 60.7 Å². The fourth-order valence-electron chi connectivity index (χ4n) is 2.89. The van der Waals surface area contributed by atoms with Crippen molar-refractivity contribution in [3.05, 3.63) is 78.5 Å². The number of carbonyl (C=O) groups excluding carboxylic acids is 1. The van der Waals surface area contributed by atoms with Crippen LogP contribution in [-0.4, -0.2) is 21.1 Å². The molecule has 0 atom stereocenters. The van der Waals surface area contributed by atoms with Crippen LogP contribution < -0.4 is 5.32 Å². The first kappa shape index (κ1) is 16.0. The monoisotopic (exact) mass is 342 g/mol. The third kappa shape index (κ3) is 3.47. The molecule has 0 saturated carbocycles. The van der Waals surface area contributed by atoms with Crippen molar-refractivity contribution in [1.82, 2.24) is 15.2 Å². The molecule has 0 aliphatic heterocycles. The molecule has 4 rings (SSSR count). The lowest BCUT2D eigenvalue weighted by Crippen LogP contribution is -2.12. The molecule has 1 amide bonds. The molecule has 0 radical (unpaired) electrons. The number of benzene rings is 2. The van der Waals surface area contributed by atoms with Gasteiger partial charge in [0, 0.05) is 18.2 Å². The number of nitrogens with one attached hydrogen (secondary N) is 2. The van der Waals surface area contributed by atoms with Gasteiger partial charge in [0.25, 0.3) is 0 Å². The minimum absolute atomic E-state index is 0.0514. The van der Waals surface area contributed by atoms with Crippen molar-refractivity contribution in [2.45, 2.75) is 12.8 Å². The van der Waals surface area contributed by atoms with Crippen LogP contribution in [0.3, 0.4) is 0 Å². The molecule has 0 aliphatic carbocycles. The molecule has 128 valence electrons. The largest absolute Gasteiger partial charge is 0.311 e. The van der Waals surface area contributed by atoms with Crippen LogP contribution in [0.5, 0.6) is 0 Å².